The van der Waals surface area contributed by atoms with Crippen LogP contribution >= 0.6 is 0 Å². The number of para-hydroxylation sites is 1. The van der Waals surface area contributed by atoms with E-state index in [1.54, 1.807) is 51.7 Å². The Morgan fingerprint density at radius 2 is 1.88 bits per heavy atom. The summed E-state index contributed by atoms with van der Waals surface area (Å²) in [4.78, 5) is 17.7. The summed E-state index contributed by atoms with van der Waals surface area (Å²) >= 11 is 0. The van der Waals surface area contributed by atoms with E-state index >= 15 is 0 Å². The molecule has 0 aliphatic carbocycles. The van der Waals surface area contributed by atoms with Crippen LogP contribution in [0.2, 0.25) is 0 Å². The fraction of sp³-hybridized carbons (Fsp3) is 0.333. The molecule has 32 heavy (non-hydrogen) atoms. The first kappa shape index (κ1) is 21.7. The van der Waals surface area contributed by atoms with E-state index < -0.39 is 0 Å². The van der Waals surface area contributed by atoms with Crippen LogP contribution in [0.1, 0.15) is 23.2 Å². The van der Waals surface area contributed by atoms with Gasteiger partial charge in [0, 0.05) is 24.6 Å². The van der Waals surface area contributed by atoms with E-state index in [0.717, 1.165) is 24.8 Å². The Bertz CT molecular complexity index is 1180. The molecule has 8 nitrogen and oxygen atoms in total. The number of nitrogens with one attached hydrogen (secondary N) is 1. The normalized spacial score (nSPS) is 16.2. The Morgan fingerprint density at radius 1 is 1.06 bits per heavy atom. The van der Waals surface area contributed by atoms with Gasteiger partial charge in [-0.25, -0.2) is 4.99 Å². The highest BCUT2D eigenvalue weighted by Crippen LogP contribution is 2.31. The number of hydrogen-bond donors (Lipinski definition) is 1. The molecule has 1 N–H and O–H groups in total. The third-order valence-corrected chi connectivity index (χ3v) is 5.31. The molecule has 8 heteroatoms. The maximum Gasteiger partial charge on any atom is 0.256 e. The summed E-state index contributed by atoms with van der Waals surface area (Å²) in [6, 6.07) is 12.5. The molecule has 1 fully saturated rings. The second-order valence-corrected chi connectivity index (χ2v) is 7.34. The molecule has 1 aliphatic heterocycles. The molecular formula is C24H26N2O6. The number of benzene rings is 2. The number of carbonyl (C=O) groups excluding carboxylic acids is 1. The highest BCUT2D eigenvalue weighted by atomic mass is 16.5. The van der Waals surface area contributed by atoms with Gasteiger partial charge in [0.1, 0.15) is 5.56 Å². The molecule has 1 saturated heterocycles. The minimum Gasteiger partial charge on any atom is -0.493 e. The Balaban J connectivity index is 1.80. The van der Waals surface area contributed by atoms with Gasteiger partial charge in [-0.1, -0.05) is 12.1 Å². The van der Waals surface area contributed by atoms with Crippen LogP contribution in [0.15, 0.2) is 51.9 Å². The molecule has 1 aliphatic rings. The second-order valence-electron chi connectivity index (χ2n) is 7.34. The summed E-state index contributed by atoms with van der Waals surface area (Å²) in [7, 11) is 4.69. The van der Waals surface area contributed by atoms with Crippen molar-refractivity contribution in [3.05, 3.63) is 53.6 Å². The number of amides is 1. The fourth-order valence-electron chi connectivity index (χ4n) is 3.65. The minimum atomic E-state index is -0.284. The molecule has 2 heterocycles. The van der Waals surface area contributed by atoms with Gasteiger partial charge < -0.3 is 28.7 Å². The number of fused-ring (bicyclic) bond motifs is 1. The van der Waals surface area contributed by atoms with Crippen molar-refractivity contribution in [1.82, 2.24) is 5.32 Å². The number of methoxy groups -OCH3 is 3. The van der Waals surface area contributed by atoms with Crippen LogP contribution in [0.4, 0.5) is 5.69 Å². The first-order valence-electron chi connectivity index (χ1n) is 10.4. The maximum absolute atomic E-state index is 13.1. The lowest BCUT2D eigenvalue weighted by molar-refractivity contribution is 0.0854. The molecule has 4 rings (SSSR count). The van der Waals surface area contributed by atoms with Crippen molar-refractivity contribution < 1.29 is 28.2 Å². The van der Waals surface area contributed by atoms with E-state index in [4.69, 9.17) is 23.4 Å². The molecule has 1 amide bonds. The van der Waals surface area contributed by atoms with Crippen LogP contribution < -0.4 is 25.1 Å². The van der Waals surface area contributed by atoms with Crippen molar-refractivity contribution in [2.24, 2.45) is 4.99 Å². The lowest BCUT2D eigenvalue weighted by Crippen LogP contribution is -2.34. The van der Waals surface area contributed by atoms with Crippen molar-refractivity contribution in [1.29, 1.82) is 0 Å². The average Bonchev–Trinajstić information content (AvgIpc) is 3.35. The standard InChI is InChI=1S/C24H26N2O6/c1-28-19-10-9-16(13-21(19)30-3)26-24-18(23(27)25-14-17-7-5-11-31-17)12-15-6-4-8-20(29-2)22(15)32-24/h4,6,8-10,12-13,17H,5,7,11,14H2,1-3H3,(H,25,27). The zero-order valence-corrected chi connectivity index (χ0v) is 18.3. The summed E-state index contributed by atoms with van der Waals surface area (Å²) in [5.41, 5.74) is 1.54. The van der Waals surface area contributed by atoms with Gasteiger partial charge in [-0.05, 0) is 37.1 Å². The Labute approximate surface area is 185 Å². The zero-order chi connectivity index (χ0) is 22.5. The Kier molecular flexibility index (Phi) is 6.61. The molecular weight excluding hydrogens is 412 g/mol. The van der Waals surface area contributed by atoms with Gasteiger partial charge in [-0.3, -0.25) is 4.79 Å². The van der Waals surface area contributed by atoms with E-state index in [0.29, 0.717) is 40.6 Å². The third kappa shape index (κ3) is 4.55. The summed E-state index contributed by atoms with van der Waals surface area (Å²) in [6.07, 6.45) is 1.97. The van der Waals surface area contributed by atoms with Gasteiger partial charge in [0.25, 0.3) is 5.91 Å². The third-order valence-electron chi connectivity index (χ3n) is 5.31. The fourth-order valence-corrected chi connectivity index (χ4v) is 3.65. The molecule has 168 valence electrons. The van der Waals surface area contributed by atoms with E-state index in [-0.39, 0.29) is 17.6 Å². The van der Waals surface area contributed by atoms with Gasteiger partial charge in [0.05, 0.1) is 33.1 Å². The van der Waals surface area contributed by atoms with Crippen LogP contribution in [0.25, 0.3) is 11.0 Å². The van der Waals surface area contributed by atoms with Crippen LogP contribution in [-0.2, 0) is 4.74 Å². The number of rotatable bonds is 7. The zero-order valence-electron chi connectivity index (χ0n) is 18.3. The van der Waals surface area contributed by atoms with Crippen molar-refractivity contribution in [2.45, 2.75) is 18.9 Å². The molecule has 0 radical (unpaired) electrons. The minimum absolute atomic E-state index is 0.0303. The molecule has 1 atom stereocenters. The van der Waals surface area contributed by atoms with Gasteiger partial charge in [-0.2, -0.15) is 0 Å². The molecule has 0 bridgehead atoms. The molecule has 2 aromatic carbocycles. The summed E-state index contributed by atoms with van der Waals surface area (Å²) in [6.45, 7) is 1.16. The first-order valence-corrected chi connectivity index (χ1v) is 10.4. The predicted molar refractivity (Wildman–Crippen MR) is 119 cm³/mol. The van der Waals surface area contributed by atoms with E-state index in [9.17, 15) is 4.79 Å². The quantitative estimate of drug-likeness (QED) is 0.606. The van der Waals surface area contributed by atoms with Crippen LogP contribution in [0, 0.1) is 0 Å². The van der Waals surface area contributed by atoms with Gasteiger partial charge >= 0.3 is 0 Å². The number of hydrogen-bond acceptors (Lipinski definition) is 7. The van der Waals surface area contributed by atoms with E-state index in [2.05, 4.69) is 10.3 Å². The van der Waals surface area contributed by atoms with Crippen LogP contribution in [-0.4, -0.2) is 46.5 Å². The lowest BCUT2D eigenvalue weighted by atomic mass is 10.1. The van der Waals surface area contributed by atoms with Crippen LogP contribution in [0.3, 0.4) is 0 Å². The Hall–Kier alpha value is -3.52. The SMILES string of the molecule is COc1ccc(N=c2oc3c(OC)cccc3cc2C(=O)NCC2CCCO2)cc1OC. The van der Waals surface area contributed by atoms with Crippen molar-refractivity contribution >= 4 is 22.6 Å². The van der Waals surface area contributed by atoms with Gasteiger partial charge in [0.2, 0.25) is 5.55 Å². The van der Waals surface area contributed by atoms with Crippen molar-refractivity contribution in [3.63, 3.8) is 0 Å². The number of carbonyl (C=O) groups is 1. The summed E-state index contributed by atoms with van der Waals surface area (Å²) in [5.74, 6) is 1.38. The first-order chi connectivity index (χ1) is 15.6. The van der Waals surface area contributed by atoms with Crippen molar-refractivity contribution in [2.75, 3.05) is 34.5 Å². The predicted octanol–water partition coefficient (Wildman–Crippen LogP) is 3.60. The molecule has 1 aromatic heterocycles. The topological polar surface area (TPSA) is 91.5 Å². The van der Waals surface area contributed by atoms with Gasteiger partial charge in [-0.15, -0.1) is 0 Å². The largest absolute Gasteiger partial charge is 0.493 e. The highest BCUT2D eigenvalue weighted by Gasteiger charge is 2.19. The lowest BCUT2D eigenvalue weighted by Gasteiger charge is -2.12. The van der Waals surface area contributed by atoms with Gasteiger partial charge in [0.15, 0.2) is 22.8 Å². The van der Waals surface area contributed by atoms with E-state index in [1.165, 1.54) is 0 Å². The number of nitrogens with zero attached hydrogens (tertiary/aromatic N) is 1. The molecule has 0 spiro atoms. The molecule has 0 saturated carbocycles. The smallest absolute Gasteiger partial charge is 0.256 e. The summed E-state index contributed by atoms with van der Waals surface area (Å²) in [5, 5.41) is 3.68. The molecule has 3 aromatic rings. The Morgan fingerprint density at radius 3 is 2.59 bits per heavy atom. The highest BCUT2D eigenvalue weighted by molar-refractivity contribution is 5.97. The maximum atomic E-state index is 13.1. The molecule has 1 unspecified atom stereocenters. The second kappa shape index (κ2) is 9.74. The number of ether oxygens (including phenoxy) is 4. The van der Waals surface area contributed by atoms with E-state index in [1.807, 2.05) is 12.1 Å². The van der Waals surface area contributed by atoms with Crippen molar-refractivity contribution in [3.8, 4) is 17.2 Å². The average molecular weight is 438 g/mol. The van der Waals surface area contributed by atoms with Crippen LogP contribution in [0.5, 0.6) is 17.2 Å². The monoisotopic (exact) mass is 438 g/mol. The summed E-state index contributed by atoms with van der Waals surface area (Å²) < 4.78 is 27.8.